The van der Waals surface area contributed by atoms with Crippen molar-refractivity contribution >= 4 is 21.9 Å². The summed E-state index contributed by atoms with van der Waals surface area (Å²) in [7, 11) is -3.71. The summed E-state index contributed by atoms with van der Waals surface area (Å²) in [6.07, 6.45) is 1.46. The van der Waals surface area contributed by atoms with Crippen LogP contribution >= 0.6 is 0 Å². The number of amides is 1. The summed E-state index contributed by atoms with van der Waals surface area (Å²) in [5, 5.41) is 8.86. The zero-order chi connectivity index (χ0) is 18.6. The Kier molecular flexibility index (Phi) is 6.75. The van der Waals surface area contributed by atoms with Gasteiger partial charge < -0.3 is 14.7 Å². The van der Waals surface area contributed by atoms with Crippen molar-refractivity contribution in [1.29, 1.82) is 0 Å². The van der Waals surface area contributed by atoms with Crippen LogP contribution in [0.4, 0.5) is 4.39 Å². The van der Waals surface area contributed by atoms with Crippen LogP contribution in [0.15, 0.2) is 0 Å². The first kappa shape index (κ1) is 20.1. The van der Waals surface area contributed by atoms with Crippen LogP contribution in [-0.4, -0.2) is 85.9 Å². The highest BCUT2D eigenvalue weighted by atomic mass is 32.2. The molecule has 1 aliphatic heterocycles. The van der Waals surface area contributed by atoms with Gasteiger partial charge in [-0.1, -0.05) is 0 Å². The molecule has 0 aromatic heterocycles. The number of carbonyl (C=O) groups is 2. The molecule has 2 rings (SSSR count). The molecule has 1 N–H and O–H groups in total. The highest BCUT2D eigenvalue weighted by Crippen LogP contribution is 2.28. The van der Waals surface area contributed by atoms with Gasteiger partial charge in [-0.3, -0.25) is 9.59 Å². The van der Waals surface area contributed by atoms with E-state index in [1.54, 1.807) is 4.90 Å². The van der Waals surface area contributed by atoms with E-state index < -0.39 is 34.8 Å². The van der Waals surface area contributed by atoms with Crippen LogP contribution in [-0.2, 0) is 24.3 Å². The number of carboxylic acid groups (broad SMARTS) is 1. The number of carbonyl (C=O) groups excluding carboxylic acids is 1. The quantitative estimate of drug-likeness (QED) is 0.700. The molecule has 3 atom stereocenters. The van der Waals surface area contributed by atoms with Crippen molar-refractivity contribution in [3.05, 3.63) is 0 Å². The van der Waals surface area contributed by atoms with Crippen LogP contribution in [0.2, 0.25) is 0 Å². The maximum absolute atomic E-state index is 13.5. The maximum atomic E-state index is 13.5. The maximum Gasteiger partial charge on any atom is 0.318 e. The lowest BCUT2D eigenvalue weighted by Gasteiger charge is -2.37. The molecule has 0 aromatic rings. The standard InChI is InChI=1S/C15H25FN2O6S/c1-25(22,23)18(10-14(19)20)9-13-8-17(5-6-24-13)15(21)11-3-2-4-12(16)7-11/h11-13H,2-10H2,1H3,(H,19,20). The molecule has 2 fully saturated rings. The van der Waals surface area contributed by atoms with E-state index in [0.717, 1.165) is 10.6 Å². The number of sulfonamides is 1. The van der Waals surface area contributed by atoms with Crippen LogP contribution in [0.5, 0.6) is 0 Å². The molecule has 0 bridgehead atoms. The van der Waals surface area contributed by atoms with Crippen molar-refractivity contribution in [2.75, 3.05) is 39.0 Å². The highest BCUT2D eigenvalue weighted by molar-refractivity contribution is 7.88. The number of hydrogen-bond donors (Lipinski definition) is 1. The average Bonchev–Trinajstić information content (AvgIpc) is 2.52. The Hall–Kier alpha value is -1.26. The number of morpholine rings is 1. The third-order valence-corrected chi connectivity index (χ3v) is 5.81. The normalized spacial score (nSPS) is 28.1. The molecule has 3 unspecified atom stereocenters. The van der Waals surface area contributed by atoms with Crippen LogP contribution < -0.4 is 0 Å². The summed E-state index contributed by atoms with van der Waals surface area (Å²) >= 11 is 0. The fourth-order valence-electron chi connectivity index (χ4n) is 3.34. The molecule has 0 aromatic carbocycles. The first-order valence-corrected chi connectivity index (χ1v) is 10.2. The second-order valence-electron chi connectivity index (χ2n) is 6.69. The van der Waals surface area contributed by atoms with E-state index in [4.69, 9.17) is 9.84 Å². The van der Waals surface area contributed by atoms with Gasteiger partial charge in [-0.2, -0.15) is 4.31 Å². The van der Waals surface area contributed by atoms with Crippen molar-refractivity contribution < 1.29 is 32.2 Å². The molecule has 1 saturated heterocycles. The minimum atomic E-state index is -3.71. The Labute approximate surface area is 147 Å². The molecule has 1 saturated carbocycles. The van der Waals surface area contributed by atoms with Gasteiger partial charge in [-0.15, -0.1) is 0 Å². The molecule has 144 valence electrons. The second-order valence-corrected chi connectivity index (χ2v) is 8.67. The molecule has 1 heterocycles. The van der Waals surface area contributed by atoms with E-state index in [-0.39, 0.29) is 37.9 Å². The molecule has 8 nitrogen and oxygen atoms in total. The van der Waals surface area contributed by atoms with Gasteiger partial charge in [0.25, 0.3) is 0 Å². The summed E-state index contributed by atoms with van der Waals surface area (Å²) in [4.78, 5) is 25.0. The molecule has 10 heteroatoms. The molecule has 1 aliphatic carbocycles. The van der Waals surface area contributed by atoms with E-state index in [1.807, 2.05) is 0 Å². The van der Waals surface area contributed by atoms with E-state index in [9.17, 15) is 22.4 Å². The van der Waals surface area contributed by atoms with Gasteiger partial charge in [0.15, 0.2) is 0 Å². The largest absolute Gasteiger partial charge is 0.480 e. The number of carboxylic acids is 1. The summed E-state index contributed by atoms with van der Waals surface area (Å²) in [6.45, 7) is 0.00941. The smallest absolute Gasteiger partial charge is 0.318 e. The van der Waals surface area contributed by atoms with Crippen LogP contribution in [0.3, 0.4) is 0 Å². The zero-order valence-electron chi connectivity index (χ0n) is 14.3. The number of hydrogen-bond acceptors (Lipinski definition) is 5. The van der Waals surface area contributed by atoms with Crippen LogP contribution in [0, 0.1) is 5.92 Å². The Morgan fingerprint density at radius 3 is 2.68 bits per heavy atom. The topological polar surface area (TPSA) is 104 Å². The van der Waals surface area contributed by atoms with Gasteiger partial charge in [-0.05, 0) is 25.7 Å². The molecular weight excluding hydrogens is 355 g/mol. The Bertz CT molecular complexity index is 599. The highest BCUT2D eigenvalue weighted by Gasteiger charge is 2.34. The third kappa shape index (κ3) is 5.89. The van der Waals surface area contributed by atoms with E-state index in [1.165, 1.54) is 0 Å². The van der Waals surface area contributed by atoms with Crippen molar-refractivity contribution in [2.45, 2.75) is 38.0 Å². The SMILES string of the molecule is CS(=O)(=O)N(CC(=O)O)CC1CN(C(=O)C2CCCC(F)C2)CCO1. The van der Waals surface area contributed by atoms with E-state index >= 15 is 0 Å². The van der Waals surface area contributed by atoms with Crippen molar-refractivity contribution in [3.8, 4) is 0 Å². The second kappa shape index (κ2) is 8.41. The van der Waals surface area contributed by atoms with Crippen LogP contribution in [0.1, 0.15) is 25.7 Å². The van der Waals surface area contributed by atoms with E-state index in [2.05, 4.69) is 0 Å². The van der Waals surface area contributed by atoms with Gasteiger partial charge in [0.2, 0.25) is 15.9 Å². The number of halogens is 1. The Balaban J connectivity index is 1.97. The molecule has 0 spiro atoms. The fraction of sp³-hybridized carbons (Fsp3) is 0.867. The molecule has 25 heavy (non-hydrogen) atoms. The van der Waals surface area contributed by atoms with Gasteiger partial charge in [0.05, 0.1) is 19.0 Å². The van der Waals surface area contributed by atoms with Crippen molar-refractivity contribution in [3.63, 3.8) is 0 Å². The minimum Gasteiger partial charge on any atom is -0.480 e. The Morgan fingerprint density at radius 2 is 2.08 bits per heavy atom. The monoisotopic (exact) mass is 380 g/mol. The number of ether oxygens (including phenoxy) is 1. The lowest BCUT2D eigenvalue weighted by atomic mass is 9.87. The first-order chi connectivity index (χ1) is 11.7. The van der Waals surface area contributed by atoms with Gasteiger partial charge in [0.1, 0.15) is 12.7 Å². The van der Waals surface area contributed by atoms with Crippen molar-refractivity contribution in [2.24, 2.45) is 5.92 Å². The predicted octanol–water partition coefficient (Wildman–Crippen LogP) is 0.0883. The summed E-state index contributed by atoms with van der Waals surface area (Å²) < 4.78 is 43.3. The molecule has 2 aliphatic rings. The lowest BCUT2D eigenvalue weighted by molar-refractivity contribution is -0.146. The number of aliphatic carboxylic acids is 1. The van der Waals surface area contributed by atoms with Gasteiger partial charge in [0, 0.05) is 25.6 Å². The lowest BCUT2D eigenvalue weighted by Crippen LogP contribution is -2.52. The van der Waals surface area contributed by atoms with E-state index in [0.29, 0.717) is 25.8 Å². The molecule has 0 radical (unpaired) electrons. The third-order valence-electron chi connectivity index (χ3n) is 4.60. The number of rotatable bonds is 6. The summed E-state index contributed by atoms with van der Waals surface area (Å²) in [5.74, 6) is -1.72. The molecule has 1 amide bonds. The predicted molar refractivity (Wildman–Crippen MR) is 87.2 cm³/mol. The van der Waals surface area contributed by atoms with Crippen molar-refractivity contribution in [1.82, 2.24) is 9.21 Å². The fourth-order valence-corrected chi connectivity index (χ4v) is 4.12. The summed E-state index contributed by atoms with van der Waals surface area (Å²) in [5.41, 5.74) is 0. The van der Waals surface area contributed by atoms with Crippen LogP contribution in [0.25, 0.3) is 0 Å². The molecular formula is C15H25FN2O6S. The minimum absolute atomic E-state index is 0.125. The zero-order valence-corrected chi connectivity index (χ0v) is 15.1. The Morgan fingerprint density at radius 1 is 1.36 bits per heavy atom. The van der Waals surface area contributed by atoms with Gasteiger partial charge in [-0.25, -0.2) is 12.8 Å². The average molecular weight is 380 g/mol. The van der Waals surface area contributed by atoms with Gasteiger partial charge >= 0.3 is 5.97 Å². The number of alkyl halides is 1. The first-order valence-electron chi connectivity index (χ1n) is 8.38. The number of nitrogens with zero attached hydrogens (tertiary/aromatic N) is 2. The summed E-state index contributed by atoms with van der Waals surface area (Å²) in [6, 6.07) is 0.